The fourth-order valence-corrected chi connectivity index (χ4v) is 4.97. The average Bonchev–Trinajstić information content (AvgIpc) is 2.80. The van der Waals surface area contributed by atoms with Crippen LogP contribution in [0.25, 0.3) is 11.1 Å². The summed E-state index contributed by atoms with van der Waals surface area (Å²) in [6.45, 7) is 3.21. The maximum Gasteiger partial charge on any atom is 0.226 e. The molecule has 1 unspecified atom stereocenters. The highest BCUT2D eigenvalue weighted by Gasteiger charge is 2.41. The minimum absolute atomic E-state index is 0.150. The summed E-state index contributed by atoms with van der Waals surface area (Å²) in [5.41, 5.74) is 2.26. The summed E-state index contributed by atoms with van der Waals surface area (Å²) in [6, 6.07) is 12.8. The lowest BCUT2D eigenvalue weighted by Crippen LogP contribution is -2.53. The second-order valence-corrected chi connectivity index (χ2v) is 9.19. The van der Waals surface area contributed by atoms with Gasteiger partial charge in [0.25, 0.3) is 0 Å². The van der Waals surface area contributed by atoms with E-state index in [-0.39, 0.29) is 17.8 Å². The fraction of sp³-hybridized carbons (Fsp3) is 0.500. The number of likely N-dealkylation sites (N-methyl/N-ethyl adjacent to an activating group) is 1. The lowest BCUT2D eigenvalue weighted by molar-refractivity contribution is -0.137. The number of carbonyl (C=O) groups is 1. The Kier molecular flexibility index (Phi) is 7.11. The van der Waals surface area contributed by atoms with Crippen molar-refractivity contribution >= 4 is 5.91 Å². The minimum Gasteiger partial charge on any atom is -0.496 e. The first-order valence-corrected chi connectivity index (χ1v) is 11.5. The highest BCUT2D eigenvalue weighted by molar-refractivity contribution is 5.83. The second kappa shape index (κ2) is 10.0. The van der Waals surface area contributed by atoms with Gasteiger partial charge >= 0.3 is 0 Å². The quantitative estimate of drug-likeness (QED) is 0.736. The van der Waals surface area contributed by atoms with Gasteiger partial charge in [-0.2, -0.15) is 0 Å². The van der Waals surface area contributed by atoms with E-state index in [1.165, 1.54) is 12.1 Å². The van der Waals surface area contributed by atoms with Gasteiger partial charge in [0.2, 0.25) is 5.91 Å². The number of hydrogen-bond donors (Lipinski definition) is 1. The van der Waals surface area contributed by atoms with Crippen molar-refractivity contribution in [1.82, 2.24) is 10.2 Å². The molecule has 2 aliphatic rings. The number of halogens is 1. The van der Waals surface area contributed by atoms with E-state index in [0.29, 0.717) is 25.4 Å². The molecule has 4 rings (SSSR count). The van der Waals surface area contributed by atoms with Gasteiger partial charge in [0.15, 0.2) is 0 Å². The largest absolute Gasteiger partial charge is 0.496 e. The minimum atomic E-state index is -0.452. The normalized spacial score (nSPS) is 21.2. The van der Waals surface area contributed by atoms with E-state index >= 15 is 0 Å². The van der Waals surface area contributed by atoms with Gasteiger partial charge in [0.1, 0.15) is 11.6 Å². The average molecular weight is 441 g/mol. The predicted octanol–water partition coefficient (Wildman–Crippen LogP) is 4.05. The van der Waals surface area contributed by atoms with Crippen LogP contribution in [-0.2, 0) is 16.0 Å². The molecular formula is C26H33FN2O3. The highest BCUT2D eigenvalue weighted by atomic mass is 19.1. The number of ether oxygens (including phenoxy) is 2. The number of benzene rings is 2. The van der Waals surface area contributed by atoms with Crippen LogP contribution in [0.3, 0.4) is 0 Å². The lowest BCUT2D eigenvalue weighted by Gasteiger charge is -2.39. The maximum absolute atomic E-state index is 13.8. The van der Waals surface area contributed by atoms with Gasteiger partial charge in [-0.1, -0.05) is 24.3 Å². The van der Waals surface area contributed by atoms with Crippen molar-refractivity contribution in [1.29, 1.82) is 0 Å². The van der Waals surface area contributed by atoms with Crippen LogP contribution in [0.4, 0.5) is 4.39 Å². The molecule has 32 heavy (non-hydrogen) atoms. The molecule has 2 aromatic rings. The number of amides is 1. The van der Waals surface area contributed by atoms with Crippen LogP contribution in [0.2, 0.25) is 0 Å². The number of rotatable bonds is 6. The first-order chi connectivity index (χ1) is 15.5. The van der Waals surface area contributed by atoms with Crippen molar-refractivity contribution in [2.75, 3.05) is 40.5 Å². The Balaban J connectivity index is 1.52. The lowest BCUT2D eigenvalue weighted by atomic mass is 9.74. The Morgan fingerprint density at radius 2 is 1.97 bits per heavy atom. The third-order valence-electron chi connectivity index (χ3n) is 6.86. The molecule has 0 aromatic heterocycles. The summed E-state index contributed by atoms with van der Waals surface area (Å²) in [7, 11) is 3.69. The van der Waals surface area contributed by atoms with Crippen LogP contribution in [0, 0.1) is 11.2 Å². The van der Waals surface area contributed by atoms with Crippen LogP contribution < -0.4 is 10.1 Å². The zero-order chi connectivity index (χ0) is 22.6. The number of nitrogens with one attached hydrogen (secondary N) is 1. The van der Waals surface area contributed by atoms with Crippen LogP contribution in [0.5, 0.6) is 5.75 Å². The Hall–Kier alpha value is -2.44. The molecule has 2 fully saturated rings. The van der Waals surface area contributed by atoms with Gasteiger partial charge in [-0.25, -0.2) is 4.39 Å². The van der Waals surface area contributed by atoms with Crippen LogP contribution in [0.15, 0.2) is 42.5 Å². The Morgan fingerprint density at radius 3 is 2.66 bits per heavy atom. The summed E-state index contributed by atoms with van der Waals surface area (Å²) in [5, 5.41) is 3.34. The van der Waals surface area contributed by atoms with E-state index in [0.717, 1.165) is 55.5 Å². The van der Waals surface area contributed by atoms with Gasteiger partial charge < -0.3 is 19.7 Å². The molecule has 1 N–H and O–H groups in total. The molecule has 6 heteroatoms. The third kappa shape index (κ3) is 5.13. The van der Waals surface area contributed by atoms with Crippen molar-refractivity contribution in [3.63, 3.8) is 0 Å². The Morgan fingerprint density at radius 1 is 1.22 bits per heavy atom. The van der Waals surface area contributed by atoms with Gasteiger partial charge in [0, 0.05) is 31.4 Å². The molecule has 1 atom stereocenters. The molecule has 0 aliphatic carbocycles. The molecule has 5 nitrogen and oxygen atoms in total. The number of carbonyl (C=O) groups excluding carboxylic acids is 1. The van der Waals surface area contributed by atoms with Crippen molar-refractivity contribution in [2.24, 2.45) is 5.41 Å². The summed E-state index contributed by atoms with van der Waals surface area (Å²) in [6.07, 6.45) is 4.27. The van der Waals surface area contributed by atoms with Gasteiger partial charge in [-0.3, -0.25) is 4.79 Å². The summed E-state index contributed by atoms with van der Waals surface area (Å²) >= 11 is 0. The Labute approximate surface area is 189 Å². The molecule has 172 valence electrons. The van der Waals surface area contributed by atoms with E-state index in [1.54, 1.807) is 13.2 Å². The first kappa shape index (κ1) is 22.7. The van der Waals surface area contributed by atoms with Crippen molar-refractivity contribution in [2.45, 2.75) is 38.1 Å². The molecule has 0 radical (unpaired) electrons. The van der Waals surface area contributed by atoms with Gasteiger partial charge in [0.05, 0.1) is 12.5 Å². The second-order valence-electron chi connectivity index (χ2n) is 9.19. The first-order valence-electron chi connectivity index (χ1n) is 11.5. The SMILES string of the molecule is COc1ccc(F)cc1-c1ccc(CC2(C(=O)NC3CCCN(C)C3)CCOCC2)cc1. The Bertz CT molecular complexity index is 925. The van der Waals surface area contributed by atoms with E-state index in [4.69, 9.17) is 9.47 Å². The summed E-state index contributed by atoms with van der Waals surface area (Å²) in [5.74, 6) is 0.491. The molecule has 0 bridgehead atoms. The third-order valence-corrected chi connectivity index (χ3v) is 6.86. The number of piperidine rings is 1. The molecule has 1 amide bonds. The molecular weight excluding hydrogens is 407 g/mol. The molecule has 2 heterocycles. The number of methoxy groups -OCH3 is 1. The van der Waals surface area contributed by atoms with E-state index < -0.39 is 5.41 Å². The molecule has 0 saturated carbocycles. The standard InChI is InChI=1S/C26H33FN2O3/c1-29-13-3-4-22(18-29)28-25(30)26(11-14-32-15-12-26)17-19-5-7-20(8-6-19)23-16-21(27)9-10-24(23)31-2/h5-10,16,22H,3-4,11-15,17-18H2,1-2H3,(H,28,30). The van der Waals surface area contributed by atoms with E-state index in [1.807, 2.05) is 24.3 Å². The van der Waals surface area contributed by atoms with Gasteiger partial charge in [-0.15, -0.1) is 0 Å². The summed E-state index contributed by atoms with van der Waals surface area (Å²) < 4.78 is 24.8. The van der Waals surface area contributed by atoms with Crippen molar-refractivity contribution < 1.29 is 18.7 Å². The van der Waals surface area contributed by atoms with Crippen LogP contribution in [0.1, 0.15) is 31.2 Å². The van der Waals surface area contributed by atoms with E-state index in [9.17, 15) is 9.18 Å². The van der Waals surface area contributed by atoms with E-state index in [2.05, 4.69) is 17.3 Å². The number of hydrogen-bond acceptors (Lipinski definition) is 4. The topological polar surface area (TPSA) is 50.8 Å². The maximum atomic E-state index is 13.8. The van der Waals surface area contributed by atoms with Crippen molar-refractivity contribution in [3.8, 4) is 16.9 Å². The van der Waals surface area contributed by atoms with Gasteiger partial charge in [-0.05, 0) is 75.0 Å². The smallest absolute Gasteiger partial charge is 0.226 e. The fourth-order valence-electron chi connectivity index (χ4n) is 4.97. The zero-order valence-corrected chi connectivity index (χ0v) is 19.0. The zero-order valence-electron chi connectivity index (χ0n) is 19.0. The van der Waals surface area contributed by atoms with Crippen LogP contribution >= 0.6 is 0 Å². The van der Waals surface area contributed by atoms with Crippen LogP contribution in [-0.4, -0.2) is 57.3 Å². The number of likely N-dealkylation sites (tertiary alicyclic amines) is 1. The summed E-state index contributed by atoms with van der Waals surface area (Å²) in [4.78, 5) is 15.7. The highest BCUT2D eigenvalue weighted by Crippen LogP contribution is 2.36. The predicted molar refractivity (Wildman–Crippen MR) is 123 cm³/mol. The monoisotopic (exact) mass is 440 g/mol. The van der Waals surface area contributed by atoms with Crippen molar-refractivity contribution in [3.05, 3.63) is 53.8 Å². The number of nitrogens with zero attached hydrogens (tertiary/aromatic N) is 1. The molecule has 2 aromatic carbocycles. The molecule has 2 aliphatic heterocycles. The molecule has 2 saturated heterocycles. The molecule has 0 spiro atoms.